The van der Waals surface area contributed by atoms with E-state index in [-0.39, 0.29) is 53.9 Å². The molecule has 1 aliphatic rings. The van der Waals surface area contributed by atoms with Gasteiger partial charge in [-0.25, -0.2) is 0 Å². The number of hydrogen-bond acceptors (Lipinski definition) is 1. The smallest absolute Gasteiger partial charge is 0.185 e. The fourth-order valence-corrected chi connectivity index (χ4v) is 1.98. The molecule has 6 heteroatoms. The Balaban J connectivity index is 0. The lowest BCUT2D eigenvalue weighted by molar-refractivity contribution is -0.897. The summed E-state index contributed by atoms with van der Waals surface area (Å²) in [7, 11) is 2.32. The van der Waals surface area contributed by atoms with Crippen LogP contribution in [0.4, 0.5) is 0 Å². The van der Waals surface area contributed by atoms with Gasteiger partial charge in [-0.1, -0.05) is 0 Å². The summed E-state index contributed by atoms with van der Waals surface area (Å²) in [4.78, 5) is 3.98. The van der Waals surface area contributed by atoms with Crippen molar-refractivity contribution in [2.75, 3.05) is 33.2 Å². The number of nitrogens with zero attached hydrogens (tertiary/aromatic N) is 2. The predicted octanol–water partition coefficient (Wildman–Crippen LogP) is -2.49. The quantitative estimate of drug-likeness (QED) is 0.167. The highest BCUT2D eigenvalue weighted by Crippen LogP contribution is 2.16. The van der Waals surface area contributed by atoms with Gasteiger partial charge in [0.15, 0.2) is 5.96 Å². The third-order valence-electron chi connectivity index (χ3n) is 2.80. The number of halogens is 2. The van der Waals surface area contributed by atoms with E-state index in [1.54, 1.807) is 0 Å². The van der Waals surface area contributed by atoms with Crippen LogP contribution in [0.2, 0.25) is 0 Å². The van der Waals surface area contributed by atoms with Crippen molar-refractivity contribution in [2.24, 2.45) is 16.5 Å². The number of hydrogen-bond donors (Lipinski definition) is 2. The SMILES string of the molecule is C[N+]1(CCCN=C(N)N)CCCC1.I.[I-]. The van der Waals surface area contributed by atoms with E-state index in [9.17, 15) is 0 Å². The molecule has 0 aromatic carbocycles. The molecule has 0 bridgehead atoms. The summed E-state index contributed by atoms with van der Waals surface area (Å²) in [5.74, 6) is 0.212. The van der Waals surface area contributed by atoms with Crippen molar-refractivity contribution in [1.29, 1.82) is 0 Å². The molecule has 0 atom stereocenters. The number of likely N-dealkylation sites (tertiary alicyclic amines) is 1. The molecule has 0 saturated carbocycles. The first kappa shape index (κ1) is 18.1. The number of guanidine groups is 1. The molecule has 4 nitrogen and oxygen atoms in total. The highest BCUT2D eigenvalue weighted by Gasteiger charge is 2.25. The molecule has 0 aliphatic carbocycles. The zero-order valence-electron chi connectivity index (χ0n) is 9.29. The van der Waals surface area contributed by atoms with Crippen molar-refractivity contribution in [3.05, 3.63) is 0 Å². The van der Waals surface area contributed by atoms with E-state index in [0.717, 1.165) is 13.0 Å². The van der Waals surface area contributed by atoms with Gasteiger partial charge in [0.25, 0.3) is 0 Å². The van der Waals surface area contributed by atoms with Crippen molar-refractivity contribution in [1.82, 2.24) is 0 Å². The molecule has 1 rings (SSSR count). The maximum atomic E-state index is 5.24. The Hall–Kier alpha value is 0.690. The molecule has 1 heterocycles. The second-order valence-corrected chi connectivity index (χ2v) is 4.16. The average Bonchev–Trinajstić information content (AvgIpc) is 2.47. The molecule has 0 unspecified atom stereocenters. The third-order valence-corrected chi connectivity index (χ3v) is 2.80. The topological polar surface area (TPSA) is 64.4 Å². The van der Waals surface area contributed by atoms with Crippen molar-refractivity contribution in [3.8, 4) is 0 Å². The van der Waals surface area contributed by atoms with Gasteiger partial charge >= 0.3 is 0 Å². The molecule has 0 aromatic heterocycles. The summed E-state index contributed by atoms with van der Waals surface area (Å²) in [5, 5.41) is 0. The fraction of sp³-hybridized carbons (Fsp3) is 0.889. The Morgan fingerprint density at radius 1 is 1.27 bits per heavy atom. The number of aliphatic imine (C=N–C) groups is 1. The Kier molecular flexibility index (Phi) is 10.6. The molecule has 0 spiro atoms. The van der Waals surface area contributed by atoms with Crippen LogP contribution in [0.25, 0.3) is 0 Å². The first-order valence-electron chi connectivity index (χ1n) is 5.01. The van der Waals surface area contributed by atoms with E-state index in [2.05, 4.69) is 12.0 Å². The minimum absolute atomic E-state index is 0. The second-order valence-electron chi connectivity index (χ2n) is 4.16. The lowest BCUT2D eigenvalue weighted by Gasteiger charge is -2.28. The number of rotatable bonds is 4. The van der Waals surface area contributed by atoms with Crippen LogP contribution in [0.3, 0.4) is 0 Å². The Bertz CT molecular complexity index is 187. The highest BCUT2D eigenvalue weighted by molar-refractivity contribution is 14.0. The van der Waals surface area contributed by atoms with Gasteiger partial charge < -0.3 is 39.9 Å². The summed E-state index contributed by atoms with van der Waals surface area (Å²) in [6, 6.07) is 0. The zero-order valence-corrected chi connectivity index (χ0v) is 13.8. The molecule has 1 saturated heterocycles. The van der Waals surface area contributed by atoms with Crippen molar-refractivity contribution in [2.45, 2.75) is 19.3 Å². The van der Waals surface area contributed by atoms with E-state index in [0.29, 0.717) is 0 Å². The van der Waals surface area contributed by atoms with Crippen LogP contribution in [-0.4, -0.2) is 43.7 Å². The zero-order chi connectivity index (χ0) is 9.73. The van der Waals surface area contributed by atoms with Crippen LogP contribution < -0.4 is 35.4 Å². The first-order valence-corrected chi connectivity index (χ1v) is 5.01. The molecule has 92 valence electrons. The molecule has 0 aromatic rings. The van der Waals surface area contributed by atoms with Gasteiger partial charge in [0.2, 0.25) is 0 Å². The van der Waals surface area contributed by atoms with E-state index >= 15 is 0 Å². The standard InChI is InChI=1S/C9H21N4.2HI/c1-13(6-2-3-7-13)8-4-5-12-9(10)11;;/h2-8H2,1H3,(H4,10,11,12);2*1H/q+1;;/p-1. The maximum absolute atomic E-state index is 5.24. The van der Waals surface area contributed by atoms with Crippen LogP contribution in [0.15, 0.2) is 4.99 Å². The largest absolute Gasteiger partial charge is 1.00 e. The molecule has 15 heavy (non-hydrogen) atoms. The van der Waals surface area contributed by atoms with E-state index < -0.39 is 0 Å². The van der Waals surface area contributed by atoms with Gasteiger partial charge in [-0.15, -0.1) is 24.0 Å². The van der Waals surface area contributed by atoms with Crippen LogP contribution in [-0.2, 0) is 0 Å². The molecule has 0 radical (unpaired) electrons. The number of quaternary nitrogens is 1. The van der Waals surface area contributed by atoms with Gasteiger partial charge in [0, 0.05) is 25.8 Å². The van der Waals surface area contributed by atoms with Crippen LogP contribution >= 0.6 is 24.0 Å². The van der Waals surface area contributed by atoms with Crippen molar-refractivity contribution in [3.63, 3.8) is 0 Å². The molecule has 1 fully saturated rings. The van der Waals surface area contributed by atoms with Gasteiger partial charge in [0.05, 0.1) is 26.7 Å². The number of nitrogens with two attached hydrogens (primary N) is 2. The van der Waals surface area contributed by atoms with E-state index in [4.69, 9.17) is 11.5 Å². The fourth-order valence-electron chi connectivity index (χ4n) is 1.98. The first-order chi connectivity index (χ1) is 6.12. The molecular weight excluding hydrogens is 418 g/mol. The molecular formula is C9H22I2N4. The van der Waals surface area contributed by atoms with Crippen molar-refractivity contribution >= 4 is 29.9 Å². The summed E-state index contributed by atoms with van der Waals surface area (Å²) in [6.45, 7) is 4.62. The van der Waals surface area contributed by atoms with E-state index in [1.165, 1.54) is 37.0 Å². The Labute approximate surface area is 126 Å². The van der Waals surface area contributed by atoms with E-state index in [1.807, 2.05) is 0 Å². The monoisotopic (exact) mass is 440 g/mol. The summed E-state index contributed by atoms with van der Waals surface area (Å²) in [6.07, 6.45) is 3.84. The van der Waals surface area contributed by atoms with Gasteiger partial charge in [-0.05, 0) is 0 Å². The van der Waals surface area contributed by atoms with Crippen molar-refractivity contribution < 1.29 is 28.5 Å². The predicted molar refractivity (Wildman–Crippen MR) is 70.7 cm³/mol. The third kappa shape index (κ3) is 7.56. The summed E-state index contributed by atoms with van der Waals surface area (Å²) in [5.41, 5.74) is 10.5. The van der Waals surface area contributed by atoms with Gasteiger partial charge in [-0.2, -0.15) is 0 Å². The van der Waals surface area contributed by atoms with Gasteiger partial charge in [-0.3, -0.25) is 4.99 Å². The van der Waals surface area contributed by atoms with Gasteiger partial charge in [0.1, 0.15) is 0 Å². The lowest BCUT2D eigenvalue weighted by atomic mass is 10.3. The molecule has 0 amide bonds. The normalized spacial score (nSPS) is 17.4. The summed E-state index contributed by atoms with van der Waals surface area (Å²) >= 11 is 0. The summed E-state index contributed by atoms with van der Waals surface area (Å²) < 4.78 is 1.21. The molecule has 4 N–H and O–H groups in total. The van der Waals surface area contributed by atoms with Crippen LogP contribution in [0.1, 0.15) is 19.3 Å². The minimum Gasteiger partial charge on any atom is -1.00 e. The second kappa shape index (κ2) is 8.80. The minimum atomic E-state index is 0. The van der Waals surface area contributed by atoms with Crippen LogP contribution in [0, 0.1) is 0 Å². The lowest BCUT2D eigenvalue weighted by Crippen LogP contribution is -3.00. The highest BCUT2D eigenvalue weighted by atomic mass is 127. The van der Waals surface area contributed by atoms with Crippen LogP contribution in [0.5, 0.6) is 0 Å². The Morgan fingerprint density at radius 2 is 1.80 bits per heavy atom. The average molecular weight is 440 g/mol. The Morgan fingerprint density at radius 3 is 2.27 bits per heavy atom. The maximum Gasteiger partial charge on any atom is 0.185 e. The molecule has 1 aliphatic heterocycles.